The molecule has 0 bridgehead atoms. The van der Waals surface area contributed by atoms with Gasteiger partial charge < -0.3 is 26.7 Å². The van der Waals surface area contributed by atoms with E-state index in [2.05, 4.69) is 4.98 Å². The van der Waals surface area contributed by atoms with Crippen molar-refractivity contribution >= 4 is 40.8 Å². The lowest BCUT2D eigenvalue weighted by molar-refractivity contribution is 0.209. The van der Waals surface area contributed by atoms with Crippen LogP contribution in [0.5, 0.6) is 17.2 Å². The van der Waals surface area contributed by atoms with Crippen molar-refractivity contribution in [1.82, 2.24) is 4.98 Å². The molecule has 0 spiro atoms. The number of primary amides is 1. The molecule has 6 N–H and O–H groups in total. The minimum atomic E-state index is -1.05. The second-order valence-electron chi connectivity index (χ2n) is 3.83. The van der Waals surface area contributed by atoms with Gasteiger partial charge in [0.05, 0.1) is 10.7 Å². The van der Waals surface area contributed by atoms with Gasteiger partial charge in [-0.1, -0.05) is 23.2 Å². The van der Waals surface area contributed by atoms with Crippen molar-refractivity contribution in [3.63, 3.8) is 0 Å². The highest BCUT2D eigenvalue weighted by molar-refractivity contribution is 6.44. The van der Waals surface area contributed by atoms with Crippen LogP contribution in [-0.2, 0) is 0 Å². The first-order chi connectivity index (χ1) is 9.90. The summed E-state index contributed by atoms with van der Waals surface area (Å²) >= 11 is 12.0. The highest BCUT2D eigenvalue weighted by Gasteiger charge is 2.16. The Kier molecular flexibility index (Phi) is 4.25. The topological polar surface area (TPSA) is 126 Å². The molecule has 0 unspecified atom stereocenters. The summed E-state index contributed by atoms with van der Waals surface area (Å²) in [4.78, 5) is 14.7. The van der Waals surface area contributed by atoms with E-state index in [1.807, 2.05) is 0 Å². The summed E-state index contributed by atoms with van der Waals surface area (Å²) in [6.07, 6.45) is 0.312. The van der Waals surface area contributed by atoms with Gasteiger partial charge in [0.15, 0.2) is 11.6 Å². The highest BCUT2D eigenvalue weighted by Crippen LogP contribution is 2.41. The number of nitrogens with two attached hydrogens (primary N) is 3. The van der Waals surface area contributed by atoms with E-state index in [1.54, 1.807) is 0 Å². The van der Waals surface area contributed by atoms with Crippen LogP contribution < -0.4 is 26.7 Å². The average Bonchev–Trinajstić information content (AvgIpc) is 2.43. The molecule has 1 amide bonds. The van der Waals surface area contributed by atoms with Crippen molar-refractivity contribution in [2.75, 3.05) is 11.5 Å². The molecule has 0 fully saturated rings. The van der Waals surface area contributed by atoms with Crippen molar-refractivity contribution in [3.05, 3.63) is 34.4 Å². The first-order valence-corrected chi connectivity index (χ1v) is 6.29. The number of carbonyl (C=O) groups is 1. The number of nitrogen functional groups attached to an aromatic ring is 2. The summed E-state index contributed by atoms with van der Waals surface area (Å²) in [5.41, 5.74) is 16.5. The Morgan fingerprint density at radius 2 is 1.81 bits per heavy atom. The highest BCUT2D eigenvalue weighted by atomic mass is 35.5. The third kappa shape index (κ3) is 3.21. The minimum absolute atomic E-state index is 0.0658. The van der Waals surface area contributed by atoms with Gasteiger partial charge in [-0.25, -0.2) is 9.78 Å². The summed E-state index contributed by atoms with van der Waals surface area (Å²) in [7, 11) is 0. The smallest absolute Gasteiger partial charge is 0.410 e. The van der Waals surface area contributed by atoms with Crippen molar-refractivity contribution in [2.24, 2.45) is 5.73 Å². The van der Waals surface area contributed by atoms with Gasteiger partial charge in [-0.15, -0.1) is 0 Å². The normalized spacial score (nSPS) is 10.2. The monoisotopic (exact) mass is 328 g/mol. The fourth-order valence-corrected chi connectivity index (χ4v) is 1.84. The van der Waals surface area contributed by atoms with Crippen LogP contribution in [0.3, 0.4) is 0 Å². The van der Waals surface area contributed by atoms with Gasteiger partial charge in [0, 0.05) is 12.3 Å². The molecule has 2 aromatic rings. The molecule has 1 aromatic heterocycles. The number of carbonyl (C=O) groups excluding carboxylic acids is 1. The molecular formula is C12H10Cl2N4O3. The van der Waals surface area contributed by atoms with E-state index in [0.29, 0.717) is 5.69 Å². The molecule has 0 saturated carbocycles. The largest absolute Gasteiger partial charge is 0.452 e. The summed E-state index contributed by atoms with van der Waals surface area (Å²) in [6, 6.07) is 4.45. The Morgan fingerprint density at radius 1 is 1.10 bits per heavy atom. The van der Waals surface area contributed by atoms with E-state index >= 15 is 0 Å². The van der Waals surface area contributed by atoms with Gasteiger partial charge in [-0.05, 0) is 12.1 Å². The Balaban J connectivity index is 2.43. The Morgan fingerprint density at radius 3 is 2.48 bits per heavy atom. The minimum Gasteiger partial charge on any atom is -0.452 e. The molecule has 0 radical (unpaired) electrons. The number of hydrogen-bond donors (Lipinski definition) is 3. The summed E-state index contributed by atoms with van der Waals surface area (Å²) < 4.78 is 10.3. The van der Waals surface area contributed by atoms with Crippen molar-refractivity contribution in [2.45, 2.75) is 0 Å². The predicted molar refractivity (Wildman–Crippen MR) is 79.8 cm³/mol. The first kappa shape index (κ1) is 15.0. The first-order valence-electron chi connectivity index (χ1n) is 5.53. The van der Waals surface area contributed by atoms with Gasteiger partial charge >= 0.3 is 6.09 Å². The molecule has 0 aliphatic rings. The number of nitrogens with zero attached hydrogens (tertiary/aromatic N) is 1. The maximum atomic E-state index is 10.9. The number of ether oxygens (including phenoxy) is 2. The van der Waals surface area contributed by atoms with E-state index in [4.69, 9.17) is 49.9 Å². The number of pyridine rings is 1. The zero-order valence-corrected chi connectivity index (χ0v) is 12.0. The van der Waals surface area contributed by atoms with Gasteiger partial charge in [0.25, 0.3) is 0 Å². The van der Waals surface area contributed by atoms with E-state index in [-0.39, 0.29) is 33.1 Å². The van der Waals surface area contributed by atoms with Crippen LogP contribution in [0.15, 0.2) is 24.4 Å². The van der Waals surface area contributed by atoms with Crippen LogP contribution in [0.4, 0.5) is 16.3 Å². The molecule has 0 atom stereocenters. The molecule has 7 nitrogen and oxygen atoms in total. The molecule has 110 valence electrons. The fraction of sp³-hybridized carbons (Fsp3) is 0. The predicted octanol–water partition coefficient (Wildman–Crippen LogP) is 2.80. The molecular weight excluding hydrogens is 319 g/mol. The van der Waals surface area contributed by atoms with Crippen LogP contribution in [0.1, 0.15) is 0 Å². The number of benzene rings is 1. The average molecular weight is 329 g/mol. The number of hydrogen-bond acceptors (Lipinski definition) is 6. The Labute approximate surface area is 129 Å². The second-order valence-corrected chi connectivity index (χ2v) is 4.58. The van der Waals surface area contributed by atoms with Crippen molar-refractivity contribution in [3.8, 4) is 17.2 Å². The maximum Gasteiger partial charge on any atom is 0.410 e. The number of aromatic nitrogens is 1. The lowest BCUT2D eigenvalue weighted by atomic mass is 10.3. The van der Waals surface area contributed by atoms with Crippen LogP contribution in [0.2, 0.25) is 10.0 Å². The Hall–Kier alpha value is -2.38. The third-order valence-electron chi connectivity index (χ3n) is 2.40. The molecule has 2 rings (SSSR count). The summed E-state index contributed by atoms with van der Waals surface area (Å²) in [5, 5.41) is 0.255. The number of anilines is 2. The van der Waals surface area contributed by atoms with E-state index in [1.165, 1.54) is 24.4 Å². The zero-order chi connectivity index (χ0) is 15.6. The Bertz CT molecular complexity index is 709. The molecule has 1 aromatic carbocycles. The van der Waals surface area contributed by atoms with Crippen molar-refractivity contribution < 1.29 is 14.3 Å². The number of amides is 1. The fourth-order valence-electron chi connectivity index (χ4n) is 1.47. The standard InChI is InChI=1S/C12H10Cl2N4O3/c13-8-5(15)1-2-6(9(8)14)20-7-3-4-18-11(16)10(7)21-12(17)19/h1-4H,15H2,(H2,16,18)(H2,17,19). The van der Waals surface area contributed by atoms with E-state index in [9.17, 15) is 4.79 Å². The maximum absolute atomic E-state index is 10.9. The summed E-state index contributed by atoms with van der Waals surface area (Å²) in [5.74, 6) is 0.123. The van der Waals surface area contributed by atoms with Crippen molar-refractivity contribution in [1.29, 1.82) is 0 Å². The second kappa shape index (κ2) is 5.94. The van der Waals surface area contributed by atoms with Gasteiger partial charge in [0.2, 0.25) is 5.75 Å². The quantitative estimate of drug-likeness (QED) is 0.743. The van der Waals surface area contributed by atoms with E-state index < -0.39 is 6.09 Å². The van der Waals surface area contributed by atoms with Crippen LogP contribution >= 0.6 is 23.2 Å². The molecule has 0 aliphatic carbocycles. The third-order valence-corrected chi connectivity index (χ3v) is 3.27. The lowest BCUT2D eigenvalue weighted by Gasteiger charge is -2.13. The number of rotatable bonds is 3. The molecule has 9 heteroatoms. The lowest BCUT2D eigenvalue weighted by Crippen LogP contribution is -2.17. The van der Waals surface area contributed by atoms with Gasteiger partial charge in [-0.3, -0.25) is 0 Å². The SMILES string of the molecule is NC(=O)Oc1c(Oc2ccc(N)c(Cl)c2Cl)ccnc1N. The molecule has 0 saturated heterocycles. The molecule has 21 heavy (non-hydrogen) atoms. The van der Waals surface area contributed by atoms with Crippen LogP contribution in [0, 0.1) is 0 Å². The molecule has 0 aliphatic heterocycles. The van der Waals surface area contributed by atoms with Crippen LogP contribution in [0.25, 0.3) is 0 Å². The molecule has 1 heterocycles. The van der Waals surface area contributed by atoms with E-state index in [0.717, 1.165) is 0 Å². The van der Waals surface area contributed by atoms with Crippen LogP contribution in [-0.4, -0.2) is 11.1 Å². The van der Waals surface area contributed by atoms with Gasteiger partial charge in [0.1, 0.15) is 10.8 Å². The number of halogens is 2. The van der Waals surface area contributed by atoms with Gasteiger partial charge in [-0.2, -0.15) is 0 Å². The summed E-state index contributed by atoms with van der Waals surface area (Å²) in [6.45, 7) is 0. The zero-order valence-electron chi connectivity index (χ0n) is 10.5.